The lowest BCUT2D eigenvalue weighted by atomic mass is 10.1. The molecule has 0 aliphatic carbocycles. The number of hydrogen-bond acceptors (Lipinski definition) is 2. The highest BCUT2D eigenvalue weighted by molar-refractivity contribution is 5.97. The Morgan fingerprint density at radius 3 is 2.46 bits per heavy atom. The lowest BCUT2D eigenvalue weighted by Crippen LogP contribution is -2.26. The van der Waals surface area contributed by atoms with E-state index in [1.54, 1.807) is 16.7 Å². The number of amides is 1. The van der Waals surface area contributed by atoms with E-state index in [2.05, 4.69) is 10.3 Å². The zero-order chi connectivity index (χ0) is 17.3. The molecule has 0 aliphatic heterocycles. The van der Waals surface area contributed by atoms with Gasteiger partial charge in [-0.25, -0.2) is 4.79 Å². The number of H-pyrrole nitrogens is 1. The first-order chi connectivity index (χ1) is 11.5. The molecule has 0 saturated carbocycles. The van der Waals surface area contributed by atoms with E-state index in [1.807, 2.05) is 57.2 Å². The molecule has 1 atom stereocenters. The van der Waals surface area contributed by atoms with Crippen LogP contribution < -0.4 is 11.0 Å². The fourth-order valence-electron chi connectivity index (χ4n) is 2.89. The molecule has 0 bridgehead atoms. The number of fused-ring (bicyclic) bond motifs is 1. The maximum atomic E-state index is 12.5. The molecular weight excluding hydrogens is 302 g/mol. The molecule has 5 nitrogen and oxygen atoms in total. The monoisotopic (exact) mass is 323 g/mol. The normalized spacial score (nSPS) is 12.5. The summed E-state index contributed by atoms with van der Waals surface area (Å²) in [5, 5.41) is 2.98. The quantitative estimate of drug-likeness (QED) is 0.773. The van der Waals surface area contributed by atoms with Gasteiger partial charge < -0.3 is 10.3 Å². The van der Waals surface area contributed by atoms with Crippen LogP contribution in [-0.4, -0.2) is 15.5 Å². The fourth-order valence-corrected chi connectivity index (χ4v) is 2.89. The van der Waals surface area contributed by atoms with E-state index in [9.17, 15) is 9.59 Å². The number of carbonyl (C=O) groups excluding carboxylic acids is 1. The Labute approximate surface area is 140 Å². The van der Waals surface area contributed by atoms with Crippen molar-refractivity contribution in [2.45, 2.75) is 32.9 Å². The third kappa shape index (κ3) is 2.97. The Kier molecular flexibility index (Phi) is 4.25. The van der Waals surface area contributed by atoms with Crippen LogP contribution in [0, 0.1) is 0 Å². The van der Waals surface area contributed by atoms with E-state index in [4.69, 9.17) is 0 Å². The van der Waals surface area contributed by atoms with Gasteiger partial charge in [0.2, 0.25) is 0 Å². The van der Waals surface area contributed by atoms with Crippen LogP contribution in [0.2, 0.25) is 0 Å². The summed E-state index contributed by atoms with van der Waals surface area (Å²) in [5.41, 5.74) is 2.90. The summed E-state index contributed by atoms with van der Waals surface area (Å²) in [6.07, 6.45) is 0. The highest BCUT2D eigenvalue weighted by atomic mass is 16.2. The lowest BCUT2D eigenvalue weighted by molar-refractivity contribution is 0.0940. The Morgan fingerprint density at radius 2 is 1.79 bits per heavy atom. The molecule has 5 heteroatoms. The summed E-state index contributed by atoms with van der Waals surface area (Å²) in [6.45, 7) is 5.86. The van der Waals surface area contributed by atoms with Crippen molar-refractivity contribution in [2.24, 2.45) is 0 Å². The molecule has 3 rings (SSSR count). The zero-order valence-electron chi connectivity index (χ0n) is 14.0. The minimum atomic E-state index is -0.161. The maximum absolute atomic E-state index is 12.5. The average molecular weight is 323 g/mol. The van der Waals surface area contributed by atoms with E-state index in [0.717, 1.165) is 11.1 Å². The summed E-state index contributed by atoms with van der Waals surface area (Å²) < 4.78 is 1.68. The third-order valence-corrected chi connectivity index (χ3v) is 4.14. The highest BCUT2D eigenvalue weighted by Crippen LogP contribution is 2.18. The number of carbonyl (C=O) groups is 1. The van der Waals surface area contributed by atoms with Gasteiger partial charge in [-0.2, -0.15) is 0 Å². The van der Waals surface area contributed by atoms with Crippen molar-refractivity contribution in [3.8, 4) is 0 Å². The van der Waals surface area contributed by atoms with Crippen molar-refractivity contribution in [2.75, 3.05) is 0 Å². The average Bonchev–Trinajstić information content (AvgIpc) is 2.90. The van der Waals surface area contributed by atoms with Crippen LogP contribution in [0.3, 0.4) is 0 Å². The molecule has 1 aromatic heterocycles. The summed E-state index contributed by atoms with van der Waals surface area (Å²) in [4.78, 5) is 27.3. The maximum Gasteiger partial charge on any atom is 0.326 e. The van der Waals surface area contributed by atoms with Crippen LogP contribution in [-0.2, 0) is 0 Å². The molecule has 24 heavy (non-hydrogen) atoms. The minimum absolute atomic E-state index is 0.0593. The van der Waals surface area contributed by atoms with Crippen LogP contribution in [0.4, 0.5) is 0 Å². The molecular formula is C19H21N3O2. The Bertz CT molecular complexity index is 923. The van der Waals surface area contributed by atoms with Gasteiger partial charge in [-0.3, -0.25) is 9.36 Å². The number of imidazole rings is 1. The van der Waals surface area contributed by atoms with Crippen molar-refractivity contribution in [1.82, 2.24) is 14.9 Å². The van der Waals surface area contributed by atoms with Gasteiger partial charge in [-0.1, -0.05) is 30.3 Å². The summed E-state index contributed by atoms with van der Waals surface area (Å²) in [5.74, 6) is -0.161. The van der Waals surface area contributed by atoms with Crippen LogP contribution >= 0.6 is 0 Å². The Hall–Kier alpha value is -2.82. The van der Waals surface area contributed by atoms with Gasteiger partial charge in [0.05, 0.1) is 17.1 Å². The van der Waals surface area contributed by atoms with Crippen molar-refractivity contribution < 1.29 is 4.79 Å². The molecule has 124 valence electrons. The molecule has 0 radical (unpaired) electrons. The first-order valence-corrected chi connectivity index (χ1v) is 8.07. The van der Waals surface area contributed by atoms with Crippen molar-refractivity contribution >= 4 is 16.9 Å². The number of rotatable bonds is 4. The minimum Gasteiger partial charge on any atom is -0.346 e. The molecule has 2 N–H and O–H groups in total. The second kappa shape index (κ2) is 6.35. The molecule has 2 aromatic carbocycles. The summed E-state index contributed by atoms with van der Waals surface area (Å²) in [6, 6.07) is 15.1. The number of hydrogen-bond donors (Lipinski definition) is 2. The first-order valence-electron chi connectivity index (χ1n) is 8.07. The zero-order valence-corrected chi connectivity index (χ0v) is 14.0. The number of nitrogens with zero attached hydrogens (tertiary/aromatic N) is 1. The van der Waals surface area contributed by atoms with E-state index in [0.29, 0.717) is 11.1 Å². The highest BCUT2D eigenvalue weighted by Gasteiger charge is 2.14. The Balaban J connectivity index is 1.87. The fraction of sp³-hybridized carbons (Fsp3) is 0.263. The molecule has 0 spiro atoms. The van der Waals surface area contributed by atoms with E-state index in [1.165, 1.54) is 0 Å². The number of benzene rings is 2. The molecule has 3 aromatic rings. The first kappa shape index (κ1) is 16.1. The number of aromatic amines is 1. The molecule has 0 fully saturated rings. The van der Waals surface area contributed by atoms with Crippen LogP contribution in [0.25, 0.3) is 11.0 Å². The van der Waals surface area contributed by atoms with Gasteiger partial charge in [-0.05, 0) is 44.5 Å². The number of nitrogens with one attached hydrogen (secondary N) is 2. The second-order valence-electron chi connectivity index (χ2n) is 6.23. The van der Waals surface area contributed by atoms with Gasteiger partial charge in [0, 0.05) is 11.6 Å². The smallest absolute Gasteiger partial charge is 0.326 e. The van der Waals surface area contributed by atoms with Crippen molar-refractivity contribution in [3.63, 3.8) is 0 Å². The van der Waals surface area contributed by atoms with Crippen LogP contribution in [0.5, 0.6) is 0 Å². The number of aromatic nitrogens is 2. The van der Waals surface area contributed by atoms with Crippen LogP contribution in [0.1, 0.15) is 48.8 Å². The SMILES string of the molecule is CC(NC(=O)c1ccc2c(c1)[nH]c(=O)n2C(C)C)c1ccccc1. The van der Waals surface area contributed by atoms with Gasteiger partial charge in [0.1, 0.15) is 0 Å². The topological polar surface area (TPSA) is 66.9 Å². The lowest BCUT2D eigenvalue weighted by Gasteiger charge is -2.14. The van der Waals surface area contributed by atoms with Gasteiger partial charge in [0.25, 0.3) is 5.91 Å². The summed E-state index contributed by atoms with van der Waals surface area (Å²) in [7, 11) is 0. The molecule has 0 saturated heterocycles. The molecule has 1 amide bonds. The van der Waals surface area contributed by atoms with Crippen LogP contribution in [0.15, 0.2) is 53.3 Å². The second-order valence-corrected chi connectivity index (χ2v) is 6.23. The van der Waals surface area contributed by atoms with Crippen molar-refractivity contribution in [1.29, 1.82) is 0 Å². The Morgan fingerprint density at radius 1 is 1.08 bits per heavy atom. The largest absolute Gasteiger partial charge is 0.346 e. The molecule has 1 unspecified atom stereocenters. The van der Waals surface area contributed by atoms with Gasteiger partial charge >= 0.3 is 5.69 Å². The summed E-state index contributed by atoms with van der Waals surface area (Å²) >= 11 is 0. The van der Waals surface area contributed by atoms with E-state index in [-0.39, 0.29) is 23.7 Å². The predicted octanol–water partition coefficient (Wildman–Crippen LogP) is 3.40. The van der Waals surface area contributed by atoms with Gasteiger partial charge in [0.15, 0.2) is 0 Å². The predicted molar refractivity (Wildman–Crippen MR) is 95.3 cm³/mol. The van der Waals surface area contributed by atoms with Gasteiger partial charge in [-0.15, -0.1) is 0 Å². The molecule has 1 heterocycles. The van der Waals surface area contributed by atoms with E-state index >= 15 is 0 Å². The standard InChI is InChI=1S/C19H21N3O2/c1-12(2)22-17-10-9-15(11-16(17)21-19(22)24)18(23)20-13(3)14-7-5-4-6-8-14/h4-13H,1-3H3,(H,20,23)(H,21,24). The van der Waals surface area contributed by atoms with Crippen molar-refractivity contribution in [3.05, 3.63) is 70.1 Å². The van der Waals surface area contributed by atoms with E-state index < -0.39 is 0 Å². The molecule has 0 aliphatic rings. The third-order valence-electron chi connectivity index (χ3n) is 4.14.